The third kappa shape index (κ3) is 3.20. The molecule has 0 atom stereocenters. The van der Waals surface area contributed by atoms with E-state index in [9.17, 15) is 4.79 Å². The molecular weight excluding hydrogens is 334 g/mol. The molecule has 0 aliphatic rings. The van der Waals surface area contributed by atoms with Crippen LogP contribution >= 0.6 is 27.5 Å². The van der Waals surface area contributed by atoms with Crippen LogP contribution in [0.2, 0.25) is 5.15 Å². The van der Waals surface area contributed by atoms with Crippen molar-refractivity contribution >= 4 is 33.3 Å². The zero-order valence-corrected chi connectivity index (χ0v) is 12.5. The lowest BCUT2D eigenvalue weighted by atomic mass is 10.1. The van der Waals surface area contributed by atoms with Crippen LogP contribution in [0, 0.1) is 0 Å². The highest BCUT2D eigenvalue weighted by Gasteiger charge is 2.19. The topological polar surface area (TPSA) is 57.0 Å². The van der Waals surface area contributed by atoms with Gasteiger partial charge in [-0.25, -0.2) is 4.98 Å². The van der Waals surface area contributed by atoms with Gasteiger partial charge >= 0.3 is 0 Å². The Morgan fingerprint density at radius 1 is 1.58 bits per heavy atom. The Hall–Kier alpha value is -1.24. The third-order valence-electron chi connectivity index (χ3n) is 2.51. The summed E-state index contributed by atoms with van der Waals surface area (Å²) < 4.78 is 7.24. The van der Waals surface area contributed by atoms with Gasteiger partial charge in [-0.05, 0) is 28.1 Å². The van der Waals surface area contributed by atoms with E-state index in [1.165, 1.54) is 12.3 Å². The van der Waals surface area contributed by atoms with Gasteiger partial charge in [0.1, 0.15) is 10.8 Å². The average Bonchev–Trinajstić information content (AvgIpc) is 2.76. The smallest absolute Gasteiger partial charge is 0.212 e. The second kappa shape index (κ2) is 6.27. The van der Waals surface area contributed by atoms with E-state index in [1.54, 1.807) is 24.1 Å². The largest absolute Gasteiger partial charge is 0.383 e. The molecule has 0 unspecified atom stereocenters. The van der Waals surface area contributed by atoms with Crippen LogP contribution in [0.5, 0.6) is 0 Å². The molecule has 0 aliphatic carbocycles. The number of hydrogen-bond acceptors (Lipinski definition) is 4. The van der Waals surface area contributed by atoms with E-state index in [0.717, 1.165) is 0 Å². The predicted octanol–water partition coefficient (Wildman–Crippen LogP) is 2.57. The molecule has 0 fully saturated rings. The molecule has 2 aromatic rings. The Kier molecular flexibility index (Phi) is 4.68. The molecule has 100 valence electrons. The van der Waals surface area contributed by atoms with E-state index in [0.29, 0.717) is 28.9 Å². The maximum absolute atomic E-state index is 12.4. The van der Waals surface area contributed by atoms with E-state index >= 15 is 0 Å². The van der Waals surface area contributed by atoms with Crippen molar-refractivity contribution in [2.24, 2.45) is 0 Å². The maximum atomic E-state index is 12.4. The summed E-state index contributed by atoms with van der Waals surface area (Å²) in [7, 11) is 1.60. The minimum absolute atomic E-state index is 0.162. The molecule has 0 bridgehead atoms. The maximum Gasteiger partial charge on any atom is 0.212 e. The van der Waals surface area contributed by atoms with Crippen LogP contribution in [-0.4, -0.2) is 34.3 Å². The zero-order chi connectivity index (χ0) is 13.8. The summed E-state index contributed by atoms with van der Waals surface area (Å²) in [4.78, 5) is 16.3. The first kappa shape index (κ1) is 14.2. The van der Waals surface area contributed by atoms with Gasteiger partial charge < -0.3 is 4.74 Å². The molecule has 0 aliphatic heterocycles. The molecule has 2 aromatic heterocycles. The number of rotatable bonds is 5. The summed E-state index contributed by atoms with van der Waals surface area (Å²) in [5.41, 5.74) is 0.944. The van der Waals surface area contributed by atoms with Gasteiger partial charge in [0.15, 0.2) is 0 Å². The number of ketones is 1. The number of aromatic nitrogens is 3. The molecular formula is C12H11BrClN3O2. The summed E-state index contributed by atoms with van der Waals surface area (Å²) in [6.07, 6.45) is 3.09. The molecule has 2 rings (SSSR count). The number of hydrogen-bond donors (Lipinski definition) is 0. The van der Waals surface area contributed by atoms with Crippen LogP contribution in [0.3, 0.4) is 0 Å². The first-order valence-corrected chi connectivity index (χ1v) is 6.67. The van der Waals surface area contributed by atoms with Crippen molar-refractivity contribution in [1.29, 1.82) is 0 Å². The molecule has 7 heteroatoms. The SMILES string of the molecule is COCCn1ncc(Br)c1C(=O)c1ccnc(Cl)c1. The summed E-state index contributed by atoms with van der Waals surface area (Å²) in [6.45, 7) is 0.980. The molecule has 5 nitrogen and oxygen atoms in total. The van der Waals surface area contributed by atoms with Crippen LogP contribution < -0.4 is 0 Å². The van der Waals surface area contributed by atoms with Crippen LogP contribution in [0.1, 0.15) is 16.1 Å². The van der Waals surface area contributed by atoms with Gasteiger partial charge in [0.2, 0.25) is 5.78 Å². The molecule has 19 heavy (non-hydrogen) atoms. The first-order valence-electron chi connectivity index (χ1n) is 5.50. The van der Waals surface area contributed by atoms with Gasteiger partial charge in [0.25, 0.3) is 0 Å². The fraction of sp³-hybridized carbons (Fsp3) is 0.250. The molecule has 0 amide bonds. The van der Waals surface area contributed by atoms with Crippen LogP contribution in [0.4, 0.5) is 0 Å². The van der Waals surface area contributed by atoms with E-state index in [-0.39, 0.29) is 10.9 Å². The fourth-order valence-electron chi connectivity index (χ4n) is 1.62. The van der Waals surface area contributed by atoms with Crippen molar-refractivity contribution in [2.75, 3.05) is 13.7 Å². The highest BCUT2D eigenvalue weighted by molar-refractivity contribution is 9.10. The Labute approximate surface area is 123 Å². The van der Waals surface area contributed by atoms with Gasteiger partial charge in [-0.3, -0.25) is 9.48 Å². The standard InChI is InChI=1S/C12H11BrClN3O2/c1-19-5-4-17-11(9(13)7-16-17)12(18)8-2-3-15-10(14)6-8/h2-3,6-7H,4-5H2,1H3. The van der Waals surface area contributed by atoms with Crippen LogP contribution in [-0.2, 0) is 11.3 Å². The number of halogens is 2. The van der Waals surface area contributed by atoms with Gasteiger partial charge in [0.05, 0.1) is 23.8 Å². The molecule has 0 saturated heterocycles. The molecule has 0 radical (unpaired) electrons. The average molecular weight is 345 g/mol. The molecule has 0 saturated carbocycles. The van der Waals surface area contributed by atoms with Crippen molar-refractivity contribution in [3.8, 4) is 0 Å². The number of carbonyl (C=O) groups is 1. The third-order valence-corrected chi connectivity index (χ3v) is 3.29. The zero-order valence-electron chi connectivity index (χ0n) is 10.1. The normalized spacial score (nSPS) is 10.7. The van der Waals surface area contributed by atoms with Crippen LogP contribution in [0.25, 0.3) is 0 Å². The monoisotopic (exact) mass is 343 g/mol. The Balaban J connectivity index is 2.35. The van der Waals surface area contributed by atoms with Gasteiger partial charge in [-0.1, -0.05) is 11.6 Å². The summed E-state index contributed by atoms with van der Waals surface area (Å²) >= 11 is 9.13. The quantitative estimate of drug-likeness (QED) is 0.618. The minimum Gasteiger partial charge on any atom is -0.383 e. The minimum atomic E-state index is -0.162. The van der Waals surface area contributed by atoms with E-state index in [4.69, 9.17) is 16.3 Å². The lowest BCUT2D eigenvalue weighted by Gasteiger charge is -2.07. The lowest BCUT2D eigenvalue weighted by Crippen LogP contribution is -2.14. The van der Waals surface area contributed by atoms with E-state index in [1.807, 2.05) is 0 Å². The highest BCUT2D eigenvalue weighted by Crippen LogP contribution is 2.20. The number of methoxy groups -OCH3 is 1. The van der Waals surface area contributed by atoms with E-state index in [2.05, 4.69) is 26.0 Å². The fourth-order valence-corrected chi connectivity index (χ4v) is 2.27. The molecule has 0 aromatic carbocycles. The lowest BCUT2D eigenvalue weighted by molar-refractivity contribution is 0.102. The van der Waals surface area contributed by atoms with Gasteiger partial charge in [-0.15, -0.1) is 0 Å². The summed E-state index contributed by atoms with van der Waals surface area (Å²) in [5, 5.41) is 4.42. The number of nitrogens with zero attached hydrogens (tertiary/aromatic N) is 3. The van der Waals surface area contributed by atoms with Crippen molar-refractivity contribution in [2.45, 2.75) is 6.54 Å². The molecule has 2 heterocycles. The van der Waals surface area contributed by atoms with Crippen molar-refractivity contribution in [3.05, 3.63) is 45.4 Å². The van der Waals surface area contributed by atoms with Crippen LogP contribution in [0.15, 0.2) is 29.0 Å². The highest BCUT2D eigenvalue weighted by atomic mass is 79.9. The number of carbonyl (C=O) groups excluding carboxylic acids is 1. The van der Waals surface area contributed by atoms with Crippen molar-refractivity contribution in [3.63, 3.8) is 0 Å². The first-order chi connectivity index (χ1) is 9.13. The number of pyridine rings is 1. The molecule has 0 spiro atoms. The Morgan fingerprint density at radius 3 is 3.05 bits per heavy atom. The second-order valence-electron chi connectivity index (χ2n) is 3.75. The molecule has 0 N–H and O–H groups in total. The Morgan fingerprint density at radius 2 is 2.37 bits per heavy atom. The Bertz CT molecular complexity index is 600. The summed E-state index contributed by atoms with van der Waals surface area (Å²) in [5.74, 6) is -0.162. The van der Waals surface area contributed by atoms with Gasteiger partial charge in [-0.2, -0.15) is 5.10 Å². The van der Waals surface area contributed by atoms with Crippen molar-refractivity contribution < 1.29 is 9.53 Å². The summed E-state index contributed by atoms with van der Waals surface area (Å²) in [6, 6.07) is 3.15. The van der Waals surface area contributed by atoms with Gasteiger partial charge in [0, 0.05) is 18.9 Å². The van der Waals surface area contributed by atoms with Crippen molar-refractivity contribution in [1.82, 2.24) is 14.8 Å². The predicted molar refractivity (Wildman–Crippen MR) is 74.5 cm³/mol. The van der Waals surface area contributed by atoms with E-state index < -0.39 is 0 Å². The number of ether oxygens (including phenoxy) is 1. The second-order valence-corrected chi connectivity index (χ2v) is 5.00.